The first-order valence-corrected chi connectivity index (χ1v) is 5.94. The molecule has 0 atom stereocenters. The number of carbonyl (C=O) groups excluding carboxylic acids is 1. The molecular weight excluding hydrogens is 285 g/mol. The van der Waals surface area contributed by atoms with Crippen LogP contribution in [-0.4, -0.2) is 19.5 Å². The summed E-state index contributed by atoms with van der Waals surface area (Å²) in [7, 11) is 1.31. The first-order valence-electron chi connectivity index (χ1n) is 5.94. The van der Waals surface area contributed by atoms with Crippen molar-refractivity contribution in [1.82, 2.24) is 0 Å². The lowest BCUT2D eigenvalue weighted by atomic mass is 10.0. The summed E-state index contributed by atoms with van der Waals surface area (Å²) >= 11 is 0. The van der Waals surface area contributed by atoms with Gasteiger partial charge >= 0.3 is 6.61 Å². The predicted octanol–water partition coefficient (Wildman–Crippen LogP) is 3.67. The number of halogens is 3. The third-order valence-electron chi connectivity index (χ3n) is 2.74. The summed E-state index contributed by atoms with van der Waals surface area (Å²) in [5.41, 5.74) is 0.209. The number of ketones is 1. The maximum absolute atomic E-state index is 13.6. The molecule has 0 fully saturated rings. The van der Waals surface area contributed by atoms with Gasteiger partial charge in [-0.3, -0.25) is 4.79 Å². The van der Waals surface area contributed by atoms with Crippen LogP contribution in [0.15, 0.2) is 42.5 Å². The Morgan fingerprint density at radius 2 is 1.81 bits per heavy atom. The maximum Gasteiger partial charge on any atom is 0.387 e. The van der Waals surface area contributed by atoms with E-state index in [1.807, 2.05) is 0 Å². The van der Waals surface area contributed by atoms with Gasteiger partial charge in [0.05, 0.1) is 7.11 Å². The molecule has 3 nitrogen and oxygen atoms in total. The fourth-order valence-corrected chi connectivity index (χ4v) is 1.79. The topological polar surface area (TPSA) is 35.5 Å². The van der Waals surface area contributed by atoms with E-state index in [9.17, 15) is 18.0 Å². The average molecular weight is 296 g/mol. The van der Waals surface area contributed by atoms with Crippen molar-refractivity contribution in [3.63, 3.8) is 0 Å². The van der Waals surface area contributed by atoms with Gasteiger partial charge in [0.1, 0.15) is 5.75 Å². The fraction of sp³-hybridized carbons (Fsp3) is 0.133. The van der Waals surface area contributed by atoms with Crippen LogP contribution in [0.5, 0.6) is 11.5 Å². The second kappa shape index (κ2) is 6.30. The van der Waals surface area contributed by atoms with Crippen molar-refractivity contribution in [2.24, 2.45) is 0 Å². The van der Waals surface area contributed by atoms with Gasteiger partial charge in [0.25, 0.3) is 0 Å². The zero-order chi connectivity index (χ0) is 15.4. The number of rotatable bonds is 5. The van der Waals surface area contributed by atoms with E-state index in [0.717, 1.165) is 6.07 Å². The van der Waals surface area contributed by atoms with Gasteiger partial charge in [-0.2, -0.15) is 8.78 Å². The van der Waals surface area contributed by atoms with Crippen LogP contribution >= 0.6 is 0 Å². The average Bonchev–Trinajstić information content (AvgIpc) is 2.46. The molecule has 0 saturated heterocycles. The van der Waals surface area contributed by atoms with Crippen molar-refractivity contribution in [2.45, 2.75) is 6.61 Å². The van der Waals surface area contributed by atoms with Crippen molar-refractivity contribution in [3.8, 4) is 11.5 Å². The summed E-state index contributed by atoms with van der Waals surface area (Å²) < 4.78 is 46.8. The van der Waals surface area contributed by atoms with E-state index < -0.39 is 18.2 Å². The van der Waals surface area contributed by atoms with Crippen LogP contribution in [0.25, 0.3) is 0 Å². The van der Waals surface area contributed by atoms with Crippen molar-refractivity contribution >= 4 is 5.78 Å². The van der Waals surface area contributed by atoms with E-state index in [2.05, 4.69) is 4.74 Å². The Hall–Kier alpha value is -2.50. The first kappa shape index (κ1) is 14.9. The van der Waals surface area contributed by atoms with E-state index >= 15 is 0 Å². The molecule has 2 rings (SSSR count). The molecule has 21 heavy (non-hydrogen) atoms. The van der Waals surface area contributed by atoms with E-state index in [-0.39, 0.29) is 22.6 Å². The number of carbonyl (C=O) groups is 1. The number of alkyl halides is 2. The first-order chi connectivity index (χ1) is 10.0. The molecule has 0 aliphatic heterocycles. The van der Waals surface area contributed by atoms with Gasteiger partial charge in [-0.1, -0.05) is 12.1 Å². The molecule has 2 aromatic carbocycles. The molecule has 0 aromatic heterocycles. The van der Waals surface area contributed by atoms with Gasteiger partial charge in [-0.05, 0) is 30.3 Å². The number of hydrogen-bond acceptors (Lipinski definition) is 3. The molecule has 0 N–H and O–H groups in total. The van der Waals surface area contributed by atoms with Crippen LogP contribution in [0.2, 0.25) is 0 Å². The molecule has 6 heteroatoms. The number of methoxy groups -OCH3 is 1. The minimum absolute atomic E-state index is 0.0151. The standard InChI is InChI=1S/C15H11F3O3/c1-20-13-6-5-10(8-12(13)16)14(19)9-3-2-4-11(7-9)21-15(17)18/h2-8,15H,1H3. The van der Waals surface area contributed by atoms with Crippen molar-refractivity contribution in [3.05, 3.63) is 59.4 Å². The highest BCUT2D eigenvalue weighted by Crippen LogP contribution is 2.22. The van der Waals surface area contributed by atoms with Crippen LogP contribution in [0, 0.1) is 5.82 Å². The molecule has 2 aromatic rings. The lowest BCUT2D eigenvalue weighted by molar-refractivity contribution is -0.0498. The number of hydrogen-bond donors (Lipinski definition) is 0. The Morgan fingerprint density at radius 1 is 1.10 bits per heavy atom. The Kier molecular flexibility index (Phi) is 4.47. The van der Waals surface area contributed by atoms with E-state index in [0.29, 0.717) is 0 Å². The van der Waals surface area contributed by atoms with Gasteiger partial charge in [-0.25, -0.2) is 4.39 Å². The summed E-state index contributed by atoms with van der Waals surface area (Å²) in [6, 6.07) is 9.07. The molecule has 0 radical (unpaired) electrons. The van der Waals surface area contributed by atoms with Crippen LogP contribution < -0.4 is 9.47 Å². The molecule has 0 heterocycles. The lowest BCUT2D eigenvalue weighted by Crippen LogP contribution is -2.05. The van der Waals surface area contributed by atoms with Crippen LogP contribution in [0.1, 0.15) is 15.9 Å². The predicted molar refractivity (Wildman–Crippen MR) is 69.5 cm³/mol. The molecule has 0 aliphatic carbocycles. The van der Waals surface area contributed by atoms with E-state index in [1.54, 1.807) is 0 Å². The van der Waals surface area contributed by atoms with Crippen molar-refractivity contribution < 1.29 is 27.4 Å². The summed E-state index contributed by atoms with van der Waals surface area (Å²) in [6.45, 7) is -2.98. The molecule has 0 saturated carbocycles. The lowest BCUT2D eigenvalue weighted by Gasteiger charge is -2.07. The van der Waals surface area contributed by atoms with Gasteiger partial charge < -0.3 is 9.47 Å². The van der Waals surface area contributed by atoms with Gasteiger partial charge in [0.2, 0.25) is 0 Å². The summed E-state index contributed by atoms with van der Waals surface area (Å²) in [6.07, 6.45) is 0. The highest BCUT2D eigenvalue weighted by molar-refractivity contribution is 6.09. The summed E-state index contributed by atoms with van der Waals surface area (Å²) in [4.78, 5) is 12.2. The molecule has 0 aliphatic rings. The third-order valence-corrected chi connectivity index (χ3v) is 2.74. The molecule has 0 unspecified atom stereocenters. The highest BCUT2D eigenvalue weighted by atomic mass is 19.3. The largest absolute Gasteiger partial charge is 0.494 e. The van der Waals surface area contributed by atoms with E-state index in [1.165, 1.54) is 43.5 Å². The monoisotopic (exact) mass is 296 g/mol. The smallest absolute Gasteiger partial charge is 0.387 e. The Bertz CT molecular complexity index is 656. The highest BCUT2D eigenvalue weighted by Gasteiger charge is 2.14. The van der Waals surface area contributed by atoms with Crippen molar-refractivity contribution in [2.75, 3.05) is 7.11 Å². The van der Waals surface area contributed by atoms with Gasteiger partial charge in [0, 0.05) is 11.1 Å². The summed E-state index contributed by atoms with van der Waals surface area (Å²) in [5.74, 6) is -1.30. The van der Waals surface area contributed by atoms with E-state index in [4.69, 9.17) is 4.74 Å². The second-order valence-electron chi connectivity index (χ2n) is 4.08. The van der Waals surface area contributed by atoms with Crippen LogP contribution in [0.3, 0.4) is 0 Å². The second-order valence-corrected chi connectivity index (χ2v) is 4.08. The van der Waals surface area contributed by atoms with Gasteiger partial charge in [-0.15, -0.1) is 0 Å². The Balaban J connectivity index is 2.29. The minimum Gasteiger partial charge on any atom is -0.494 e. The zero-order valence-corrected chi connectivity index (χ0v) is 11.0. The Morgan fingerprint density at radius 3 is 2.43 bits per heavy atom. The van der Waals surface area contributed by atoms with Crippen molar-refractivity contribution in [1.29, 1.82) is 0 Å². The molecular formula is C15H11F3O3. The molecule has 0 amide bonds. The normalized spacial score (nSPS) is 10.5. The van der Waals surface area contributed by atoms with Crippen LogP contribution in [-0.2, 0) is 0 Å². The van der Waals surface area contributed by atoms with Gasteiger partial charge in [0.15, 0.2) is 17.3 Å². The van der Waals surface area contributed by atoms with Crippen LogP contribution in [0.4, 0.5) is 13.2 Å². The number of ether oxygens (including phenoxy) is 2. The number of benzene rings is 2. The quantitative estimate of drug-likeness (QED) is 0.790. The Labute approximate surface area is 118 Å². The fourth-order valence-electron chi connectivity index (χ4n) is 1.79. The zero-order valence-electron chi connectivity index (χ0n) is 11.0. The molecule has 0 spiro atoms. The molecule has 110 valence electrons. The summed E-state index contributed by atoms with van der Waals surface area (Å²) in [5, 5.41) is 0. The SMILES string of the molecule is COc1ccc(C(=O)c2cccc(OC(F)F)c2)cc1F. The molecule has 0 bridgehead atoms. The minimum atomic E-state index is -2.98. The third kappa shape index (κ3) is 3.53. The maximum atomic E-state index is 13.6.